The van der Waals surface area contributed by atoms with E-state index < -0.39 is 6.04 Å². The maximum atomic E-state index is 10.8. The molecule has 0 aromatic rings. The quantitative estimate of drug-likeness (QED) is 0.589. The molecule has 0 saturated heterocycles. The smallest absolute Gasteiger partial charge is 0.322 e. The molecule has 0 saturated carbocycles. The molecule has 0 aliphatic heterocycles. The number of methoxy groups -OCH3 is 1. The summed E-state index contributed by atoms with van der Waals surface area (Å²) in [6, 6.07) is -0.463. The van der Waals surface area contributed by atoms with Gasteiger partial charge in [0.2, 0.25) is 0 Å². The topological polar surface area (TPSA) is 52.3 Å². The molecule has 0 heterocycles. The number of nitrogens with two attached hydrogens (primary N) is 1. The first-order valence-corrected chi connectivity index (χ1v) is 3.46. The van der Waals surface area contributed by atoms with Crippen LogP contribution in [-0.4, -0.2) is 19.1 Å². The van der Waals surface area contributed by atoms with E-state index in [9.17, 15) is 4.79 Å². The molecular weight excluding hydrogens is 130 g/mol. The van der Waals surface area contributed by atoms with Gasteiger partial charge in [0.05, 0.1) is 7.11 Å². The van der Waals surface area contributed by atoms with Gasteiger partial charge in [0, 0.05) is 0 Å². The molecule has 2 atom stereocenters. The molecule has 2 N–H and O–H groups in total. The average Bonchev–Trinajstić information content (AvgIpc) is 2.00. The van der Waals surface area contributed by atoms with Gasteiger partial charge in [-0.1, -0.05) is 20.3 Å². The molecule has 0 amide bonds. The fourth-order valence-electron chi connectivity index (χ4n) is 0.622. The largest absolute Gasteiger partial charge is 0.468 e. The lowest BCUT2D eigenvalue weighted by Crippen LogP contribution is -2.37. The number of carbonyl (C=O) groups excluding carboxylic acids is 1. The van der Waals surface area contributed by atoms with Crippen LogP contribution >= 0.6 is 0 Å². The molecule has 0 bridgehead atoms. The standard InChI is InChI=1S/C7H15NO2/c1-4-5(2)6(8)7(9)10-3/h5-6H,4,8H2,1-3H3/t5-,6+/m0/s1. The fourth-order valence-corrected chi connectivity index (χ4v) is 0.622. The van der Waals surface area contributed by atoms with Crippen molar-refractivity contribution in [2.24, 2.45) is 11.7 Å². The predicted octanol–water partition coefficient (Wildman–Crippen LogP) is 0.533. The lowest BCUT2D eigenvalue weighted by Gasteiger charge is -2.14. The minimum Gasteiger partial charge on any atom is -0.468 e. The molecule has 0 rings (SSSR count). The Balaban J connectivity index is 3.81. The first-order valence-electron chi connectivity index (χ1n) is 3.46. The van der Waals surface area contributed by atoms with E-state index in [1.54, 1.807) is 0 Å². The van der Waals surface area contributed by atoms with Gasteiger partial charge in [-0.15, -0.1) is 0 Å². The minimum absolute atomic E-state index is 0.201. The van der Waals surface area contributed by atoms with Crippen LogP contribution in [0.3, 0.4) is 0 Å². The molecule has 0 aromatic carbocycles. The van der Waals surface area contributed by atoms with Crippen LogP contribution in [0.5, 0.6) is 0 Å². The summed E-state index contributed by atoms with van der Waals surface area (Å²) in [5.74, 6) is -0.123. The fraction of sp³-hybridized carbons (Fsp3) is 0.857. The van der Waals surface area contributed by atoms with Crippen LogP contribution in [0.1, 0.15) is 20.3 Å². The third-order valence-electron chi connectivity index (χ3n) is 1.73. The average molecular weight is 145 g/mol. The summed E-state index contributed by atoms with van der Waals surface area (Å²) in [7, 11) is 1.35. The highest BCUT2D eigenvalue weighted by Gasteiger charge is 2.19. The van der Waals surface area contributed by atoms with Gasteiger partial charge in [-0.2, -0.15) is 0 Å². The number of hydrogen-bond donors (Lipinski definition) is 1. The van der Waals surface area contributed by atoms with Gasteiger partial charge in [0.1, 0.15) is 6.04 Å². The number of carbonyl (C=O) groups is 1. The highest BCUT2D eigenvalue weighted by molar-refractivity contribution is 5.75. The highest BCUT2D eigenvalue weighted by atomic mass is 16.5. The molecule has 0 aliphatic carbocycles. The van der Waals surface area contributed by atoms with Crippen molar-refractivity contribution in [1.29, 1.82) is 0 Å². The molecule has 3 nitrogen and oxygen atoms in total. The van der Waals surface area contributed by atoms with Gasteiger partial charge in [-0.25, -0.2) is 0 Å². The Kier molecular flexibility index (Phi) is 4.03. The van der Waals surface area contributed by atoms with Crippen molar-refractivity contribution in [3.63, 3.8) is 0 Å². The van der Waals surface area contributed by atoms with Crippen molar-refractivity contribution in [3.8, 4) is 0 Å². The van der Waals surface area contributed by atoms with Gasteiger partial charge in [0.25, 0.3) is 0 Å². The Labute approximate surface area is 61.5 Å². The van der Waals surface area contributed by atoms with Crippen molar-refractivity contribution < 1.29 is 9.53 Å². The molecular formula is C7H15NO2. The van der Waals surface area contributed by atoms with Crippen molar-refractivity contribution in [2.45, 2.75) is 26.3 Å². The Morgan fingerprint density at radius 1 is 1.70 bits per heavy atom. The van der Waals surface area contributed by atoms with Crippen molar-refractivity contribution in [2.75, 3.05) is 7.11 Å². The first kappa shape index (κ1) is 9.43. The normalized spacial score (nSPS) is 16.0. The van der Waals surface area contributed by atoms with Crippen LogP contribution in [0.2, 0.25) is 0 Å². The van der Waals surface area contributed by atoms with E-state index in [1.165, 1.54) is 7.11 Å². The SMILES string of the molecule is CC[C@H](C)[C@@H](N)C(=O)OC. The number of hydrogen-bond acceptors (Lipinski definition) is 3. The predicted molar refractivity (Wildman–Crippen MR) is 39.4 cm³/mol. The summed E-state index contributed by atoms with van der Waals surface area (Å²) >= 11 is 0. The van der Waals surface area contributed by atoms with Gasteiger partial charge >= 0.3 is 5.97 Å². The van der Waals surface area contributed by atoms with Gasteiger partial charge < -0.3 is 10.5 Å². The van der Waals surface area contributed by atoms with E-state index in [2.05, 4.69) is 4.74 Å². The summed E-state index contributed by atoms with van der Waals surface area (Å²) in [6.07, 6.45) is 0.899. The van der Waals surface area contributed by atoms with Crippen LogP contribution in [-0.2, 0) is 9.53 Å². The van der Waals surface area contributed by atoms with Crippen molar-refractivity contribution >= 4 is 5.97 Å². The van der Waals surface area contributed by atoms with Gasteiger partial charge in [0.15, 0.2) is 0 Å². The Morgan fingerprint density at radius 3 is 2.50 bits per heavy atom. The molecule has 0 radical (unpaired) electrons. The van der Waals surface area contributed by atoms with Crippen LogP contribution in [0.4, 0.5) is 0 Å². The van der Waals surface area contributed by atoms with E-state index in [-0.39, 0.29) is 11.9 Å². The van der Waals surface area contributed by atoms with Crippen molar-refractivity contribution in [1.82, 2.24) is 0 Å². The molecule has 3 heteroatoms. The summed E-state index contributed by atoms with van der Waals surface area (Å²) in [5.41, 5.74) is 5.51. The third-order valence-corrected chi connectivity index (χ3v) is 1.73. The molecule has 0 fully saturated rings. The van der Waals surface area contributed by atoms with Crippen LogP contribution in [0.25, 0.3) is 0 Å². The number of rotatable bonds is 3. The molecule has 0 aliphatic rings. The Morgan fingerprint density at radius 2 is 2.20 bits per heavy atom. The van der Waals surface area contributed by atoms with E-state index >= 15 is 0 Å². The van der Waals surface area contributed by atoms with E-state index in [0.717, 1.165) is 6.42 Å². The maximum Gasteiger partial charge on any atom is 0.322 e. The van der Waals surface area contributed by atoms with E-state index in [4.69, 9.17) is 5.73 Å². The second-order valence-corrected chi connectivity index (χ2v) is 2.43. The lowest BCUT2D eigenvalue weighted by molar-refractivity contribution is -0.143. The lowest BCUT2D eigenvalue weighted by atomic mass is 10.0. The Hall–Kier alpha value is -0.570. The third kappa shape index (κ3) is 2.35. The van der Waals surface area contributed by atoms with Crippen LogP contribution < -0.4 is 5.73 Å². The van der Waals surface area contributed by atoms with Gasteiger partial charge in [-0.05, 0) is 5.92 Å². The molecule has 10 heavy (non-hydrogen) atoms. The Bertz CT molecular complexity index is 114. The summed E-state index contributed by atoms with van der Waals surface area (Å²) in [4.78, 5) is 10.8. The van der Waals surface area contributed by atoms with Crippen LogP contribution in [0.15, 0.2) is 0 Å². The zero-order valence-electron chi connectivity index (χ0n) is 6.76. The van der Waals surface area contributed by atoms with Crippen LogP contribution in [0, 0.1) is 5.92 Å². The zero-order chi connectivity index (χ0) is 8.15. The molecule has 0 unspecified atom stereocenters. The first-order chi connectivity index (χ1) is 4.63. The summed E-state index contributed by atoms with van der Waals surface area (Å²) in [6.45, 7) is 3.93. The molecule has 60 valence electrons. The van der Waals surface area contributed by atoms with E-state index in [1.807, 2.05) is 13.8 Å². The van der Waals surface area contributed by atoms with E-state index in [0.29, 0.717) is 0 Å². The number of esters is 1. The van der Waals surface area contributed by atoms with Crippen molar-refractivity contribution in [3.05, 3.63) is 0 Å². The molecule has 0 spiro atoms. The second kappa shape index (κ2) is 4.28. The summed E-state index contributed by atoms with van der Waals surface area (Å²) in [5, 5.41) is 0. The minimum atomic E-state index is -0.463. The second-order valence-electron chi connectivity index (χ2n) is 2.43. The summed E-state index contributed by atoms with van der Waals surface area (Å²) < 4.78 is 4.47. The number of ether oxygens (including phenoxy) is 1. The molecule has 0 aromatic heterocycles. The highest BCUT2D eigenvalue weighted by Crippen LogP contribution is 2.05. The van der Waals surface area contributed by atoms with Gasteiger partial charge in [-0.3, -0.25) is 4.79 Å². The zero-order valence-corrected chi connectivity index (χ0v) is 6.76. The maximum absolute atomic E-state index is 10.8. The monoisotopic (exact) mass is 145 g/mol.